The summed E-state index contributed by atoms with van der Waals surface area (Å²) in [5.74, 6) is 2.00. The Morgan fingerprint density at radius 2 is 2.00 bits per heavy atom. The number of hydrogen-bond acceptors (Lipinski definition) is 5. The molecule has 0 aromatic carbocycles. The van der Waals surface area contributed by atoms with Crippen LogP contribution in [0, 0.1) is 6.92 Å². The van der Waals surface area contributed by atoms with E-state index < -0.39 is 0 Å². The number of carbonyl (C=O) groups is 1. The van der Waals surface area contributed by atoms with Crippen LogP contribution in [0.1, 0.15) is 24.7 Å². The van der Waals surface area contributed by atoms with Crippen LogP contribution in [0.4, 0.5) is 11.6 Å². The fraction of sp³-hybridized carbons (Fsp3) is 0.545. The van der Waals surface area contributed by atoms with E-state index in [2.05, 4.69) is 20.6 Å². The van der Waals surface area contributed by atoms with Crippen LogP contribution in [0.5, 0.6) is 0 Å². The molecule has 0 saturated carbocycles. The maximum absolute atomic E-state index is 10.7. The topological polar surface area (TPSA) is 92.9 Å². The summed E-state index contributed by atoms with van der Waals surface area (Å²) in [6, 6.07) is 0. The van der Waals surface area contributed by atoms with E-state index in [1.54, 1.807) is 0 Å². The van der Waals surface area contributed by atoms with Crippen molar-refractivity contribution >= 4 is 17.5 Å². The molecule has 1 amide bonds. The Hall–Kier alpha value is -1.85. The summed E-state index contributed by atoms with van der Waals surface area (Å²) >= 11 is 0. The second-order valence-electron chi connectivity index (χ2n) is 3.71. The number of rotatable bonds is 6. The predicted octanol–water partition coefficient (Wildman–Crippen LogP) is 0.676. The highest BCUT2D eigenvalue weighted by Crippen LogP contribution is 2.19. The van der Waals surface area contributed by atoms with Gasteiger partial charge in [0.05, 0.1) is 0 Å². The maximum Gasteiger partial charge on any atom is 0.219 e. The molecule has 6 nitrogen and oxygen atoms in total. The van der Waals surface area contributed by atoms with Crippen molar-refractivity contribution in [2.75, 3.05) is 24.2 Å². The first-order valence-electron chi connectivity index (χ1n) is 5.65. The van der Waals surface area contributed by atoms with E-state index in [0.29, 0.717) is 13.0 Å². The lowest BCUT2D eigenvalue weighted by Gasteiger charge is -2.12. The fourth-order valence-corrected chi connectivity index (χ4v) is 1.44. The molecule has 0 unspecified atom stereocenters. The number of hydrogen-bond donors (Lipinski definition) is 3. The van der Waals surface area contributed by atoms with Crippen molar-refractivity contribution in [3.63, 3.8) is 0 Å². The second kappa shape index (κ2) is 6.03. The van der Waals surface area contributed by atoms with Gasteiger partial charge in [-0.2, -0.15) is 0 Å². The molecule has 0 spiro atoms. The molecule has 0 aliphatic carbocycles. The summed E-state index contributed by atoms with van der Waals surface area (Å²) in [6.45, 7) is 4.41. The van der Waals surface area contributed by atoms with Gasteiger partial charge < -0.3 is 16.4 Å². The molecule has 4 N–H and O–H groups in total. The lowest BCUT2D eigenvalue weighted by Crippen LogP contribution is -2.17. The standard InChI is InChI=1S/C11H19N5O/c1-4-9-15-10(13-3)7(2)11(16-9)14-6-5-8(12)17/h4-6H2,1-3H3,(H2,12,17)(H2,13,14,15,16). The summed E-state index contributed by atoms with van der Waals surface area (Å²) in [7, 11) is 1.82. The molecule has 94 valence electrons. The van der Waals surface area contributed by atoms with E-state index in [1.807, 2.05) is 20.9 Å². The number of aryl methyl sites for hydroxylation is 1. The zero-order valence-electron chi connectivity index (χ0n) is 10.5. The molecule has 1 aromatic heterocycles. The Labute approximate surface area is 101 Å². The Kier molecular flexibility index (Phi) is 4.68. The van der Waals surface area contributed by atoms with Crippen LogP contribution in [-0.4, -0.2) is 29.5 Å². The van der Waals surface area contributed by atoms with Crippen molar-refractivity contribution in [2.45, 2.75) is 26.7 Å². The van der Waals surface area contributed by atoms with Gasteiger partial charge in [-0.05, 0) is 6.92 Å². The number of aromatic nitrogens is 2. The molecule has 6 heteroatoms. The van der Waals surface area contributed by atoms with Gasteiger partial charge >= 0.3 is 0 Å². The molecule has 1 rings (SSSR count). The molecule has 0 radical (unpaired) electrons. The number of nitrogens with one attached hydrogen (secondary N) is 2. The minimum absolute atomic E-state index is 0.291. The van der Waals surface area contributed by atoms with Gasteiger partial charge in [0.25, 0.3) is 0 Å². The summed E-state index contributed by atoms with van der Waals surface area (Å²) in [6.07, 6.45) is 1.05. The van der Waals surface area contributed by atoms with Crippen molar-refractivity contribution in [1.82, 2.24) is 9.97 Å². The predicted molar refractivity (Wildman–Crippen MR) is 68.0 cm³/mol. The van der Waals surface area contributed by atoms with E-state index in [1.165, 1.54) is 0 Å². The first-order chi connectivity index (χ1) is 8.08. The van der Waals surface area contributed by atoms with Crippen molar-refractivity contribution in [1.29, 1.82) is 0 Å². The van der Waals surface area contributed by atoms with Gasteiger partial charge in [0, 0.05) is 32.0 Å². The molecule has 1 aromatic rings. The number of primary amides is 1. The largest absolute Gasteiger partial charge is 0.373 e. The first-order valence-corrected chi connectivity index (χ1v) is 5.65. The third-order valence-electron chi connectivity index (χ3n) is 2.41. The van der Waals surface area contributed by atoms with Crippen LogP contribution in [0.2, 0.25) is 0 Å². The van der Waals surface area contributed by atoms with Gasteiger partial charge in [-0.25, -0.2) is 9.97 Å². The van der Waals surface area contributed by atoms with Crippen molar-refractivity contribution in [3.8, 4) is 0 Å². The first kappa shape index (κ1) is 13.2. The fourth-order valence-electron chi connectivity index (χ4n) is 1.44. The van der Waals surface area contributed by atoms with Gasteiger partial charge in [0.2, 0.25) is 5.91 Å². The van der Waals surface area contributed by atoms with Gasteiger partial charge in [0.15, 0.2) is 0 Å². The average molecular weight is 237 g/mol. The lowest BCUT2D eigenvalue weighted by molar-refractivity contribution is -0.117. The molecule has 0 saturated heterocycles. The highest BCUT2D eigenvalue weighted by Gasteiger charge is 2.08. The number of nitrogens with zero attached hydrogens (tertiary/aromatic N) is 2. The Bertz CT molecular complexity index is 405. The van der Waals surface area contributed by atoms with Gasteiger partial charge in [-0.3, -0.25) is 4.79 Å². The molecule has 0 aliphatic rings. The normalized spacial score (nSPS) is 10.1. The van der Waals surface area contributed by atoms with Crippen molar-refractivity contribution in [3.05, 3.63) is 11.4 Å². The van der Waals surface area contributed by atoms with Gasteiger partial charge in [-0.15, -0.1) is 0 Å². The highest BCUT2D eigenvalue weighted by molar-refractivity contribution is 5.74. The SMILES string of the molecule is CCc1nc(NC)c(C)c(NCCC(N)=O)n1. The average Bonchev–Trinajstić information content (AvgIpc) is 2.31. The van der Waals surface area contributed by atoms with Crippen LogP contribution < -0.4 is 16.4 Å². The molecule has 17 heavy (non-hydrogen) atoms. The van der Waals surface area contributed by atoms with Crippen LogP contribution in [-0.2, 0) is 11.2 Å². The summed E-state index contributed by atoms with van der Waals surface area (Å²) < 4.78 is 0. The second-order valence-corrected chi connectivity index (χ2v) is 3.71. The molecular formula is C11H19N5O. The molecule has 0 aliphatic heterocycles. The summed E-state index contributed by atoms with van der Waals surface area (Å²) in [5, 5.41) is 6.13. The smallest absolute Gasteiger partial charge is 0.219 e. The molecule has 1 heterocycles. The number of carbonyl (C=O) groups excluding carboxylic acids is 1. The Morgan fingerprint density at radius 1 is 1.35 bits per heavy atom. The van der Waals surface area contributed by atoms with Crippen LogP contribution >= 0.6 is 0 Å². The number of amides is 1. The molecule has 0 bridgehead atoms. The highest BCUT2D eigenvalue weighted by atomic mass is 16.1. The minimum atomic E-state index is -0.325. The van der Waals surface area contributed by atoms with Gasteiger partial charge in [-0.1, -0.05) is 6.92 Å². The van der Waals surface area contributed by atoms with E-state index >= 15 is 0 Å². The van der Waals surface area contributed by atoms with Crippen molar-refractivity contribution < 1.29 is 4.79 Å². The summed E-state index contributed by atoms with van der Waals surface area (Å²) in [5.41, 5.74) is 6.02. The van der Waals surface area contributed by atoms with E-state index in [-0.39, 0.29) is 5.91 Å². The maximum atomic E-state index is 10.7. The minimum Gasteiger partial charge on any atom is -0.373 e. The van der Waals surface area contributed by atoms with E-state index in [9.17, 15) is 4.79 Å². The zero-order chi connectivity index (χ0) is 12.8. The monoisotopic (exact) mass is 237 g/mol. The van der Waals surface area contributed by atoms with Crippen LogP contribution in [0.3, 0.4) is 0 Å². The molecule has 0 fully saturated rings. The van der Waals surface area contributed by atoms with E-state index in [4.69, 9.17) is 5.73 Å². The Balaban J connectivity index is 2.85. The van der Waals surface area contributed by atoms with Crippen molar-refractivity contribution in [2.24, 2.45) is 5.73 Å². The Morgan fingerprint density at radius 3 is 2.53 bits per heavy atom. The molecule has 0 atom stereocenters. The zero-order valence-corrected chi connectivity index (χ0v) is 10.5. The lowest BCUT2D eigenvalue weighted by atomic mass is 10.3. The summed E-state index contributed by atoms with van der Waals surface area (Å²) in [4.78, 5) is 19.4. The number of anilines is 2. The third kappa shape index (κ3) is 3.58. The molecular weight excluding hydrogens is 218 g/mol. The van der Waals surface area contributed by atoms with Crippen LogP contribution in [0.15, 0.2) is 0 Å². The third-order valence-corrected chi connectivity index (χ3v) is 2.41. The van der Waals surface area contributed by atoms with Crippen LogP contribution in [0.25, 0.3) is 0 Å². The number of nitrogens with two attached hydrogens (primary N) is 1. The van der Waals surface area contributed by atoms with Gasteiger partial charge in [0.1, 0.15) is 17.5 Å². The quantitative estimate of drug-likeness (QED) is 0.676. The van der Waals surface area contributed by atoms with E-state index in [0.717, 1.165) is 29.4 Å².